The van der Waals surface area contributed by atoms with Crippen LogP contribution >= 0.6 is 11.3 Å². The van der Waals surface area contributed by atoms with Crippen LogP contribution in [-0.4, -0.2) is 24.7 Å². The van der Waals surface area contributed by atoms with Crippen molar-refractivity contribution in [2.24, 2.45) is 5.92 Å². The second-order valence-corrected chi connectivity index (χ2v) is 7.53. The largest absolute Gasteiger partial charge is 0.376 e. The Kier molecular flexibility index (Phi) is 4.65. The van der Waals surface area contributed by atoms with Gasteiger partial charge in [-0.05, 0) is 56.6 Å². The molecule has 2 aliphatic rings. The number of nitrogens with one attached hydrogen (secondary N) is 1. The molecule has 0 saturated carbocycles. The Balaban J connectivity index is 1.64. The van der Waals surface area contributed by atoms with Gasteiger partial charge in [-0.25, -0.2) is 0 Å². The van der Waals surface area contributed by atoms with Crippen molar-refractivity contribution in [3.05, 3.63) is 21.4 Å². The van der Waals surface area contributed by atoms with Crippen molar-refractivity contribution < 1.29 is 9.53 Å². The van der Waals surface area contributed by atoms with E-state index in [-0.39, 0.29) is 18.1 Å². The van der Waals surface area contributed by atoms with Crippen LogP contribution in [0, 0.1) is 5.92 Å². The maximum atomic E-state index is 12.4. The zero-order valence-electron chi connectivity index (χ0n) is 13.0. The highest BCUT2D eigenvalue weighted by molar-refractivity contribution is 7.14. The van der Waals surface area contributed by atoms with Crippen LogP contribution in [0.3, 0.4) is 0 Å². The van der Waals surface area contributed by atoms with Crippen molar-refractivity contribution in [3.8, 4) is 0 Å². The van der Waals surface area contributed by atoms with E-state index in [1.807, 2.05) is 0 Å². The molecule has 1 fully saturated rings. The summed E-state index contributed by atoms with van der Waals surface area (Å²) in [5.74, 6) is 0.874. The maximum Gasteiger partial charge on any atom is 0.261 e. The van der Waals surface area contributed by atoms with Crippen molar-refractivity contribution in [1.82, 2.24) is 5.32 Å². The Labute approximate surface area is 131 Å². The zero-order valence-corrected chi connectivity index (χ0v) is 13.8. The fourth-order valence-electron chi connectivity index (χ4n) is 3.43. The first kappa shape index (κ1) is 15.0. The second-order valence-electron chi connectivity index (χ2n) is 6.39. The lowest BCUT2D eigenvalue weighted by Crippen LogP contribution is -2.40. The Hall–Kier alpha value is -0.870. The predicted molar refractivity (Wildman–Crippen MR) is 86.0 cm³/mol. The number of thiophene rings is 1. The van der Waals surface area contributed by atoms with Crippen LogP contribution in [0.15, 0.2) is 6.07 Å². The molecule has 1 aliphatic heterocycles. The summed E-state index contributed by atoms with van der Waals surface area (Å²) in [6, 6.07) is 2.22. The van der Waals surface area contributed by atoms with Gasteiger partial charge >= 0.3 is 0 Å². The van der Waals surface area contributed by atoms with Gasteiger partial charge in [0.1, 0.15) is 0 Å². The summed E-state index contributed by atoms with van der Waals surface area (Å²) in [5.41, 5.74) is 1.41. The molecular formula is C17H25NO2S. The SMILES string of the molecule is CC[C@@H]1CCc2sc(C(=O)N[C@@H](C)[C@H]3CCCO3)cc2C1. The van der Waals surface area contributed by atoms with Crippen LogP contribution in [-0.2, 0) is 17.6 Å². The molecule has 1 amide bonds. The summed E-state index contributed by atoms with van der Waals surface area (Å²) < 4.78 is 5.65. The molecule has 116 valence electrons. The Morgan fingerprint density at radius 1 is 1.52 bits per heavy atom. The van der Waals surface area contributed by atoms with Crippen LogP contribution in [0.25, 0.3) is 0 Å². The van der Waals surface area contributed by atoms with Gasteiger partial charge in [0.25, 0.3) is 5.91 Å². The number of aryl methyl sites for hydroxylation is 1. The lowest BCUT2D eigenvalue weighted by Gasteiger charge is -2.19. The zero-order chi connectivity index (χ0) is 14.8. The van der Waals surface area contributed by atoms with Crippen LogP contribution in [0.4, 0.5) is 0 Å². The number of rotatable bonds is 4. The maximum absolute atomic E-state index is 12.4. The van der Waals surface area contributed by atoms with Crippen molar-refractivity contribution >= 4 is 17.2 Å². The first-order chi connectivity index (χ1) is 10.2. The predicted octanol–water partition coefficient (Wildman–Crippen LogP) is 3.56. The van der Waals surface area contributed by atoms with Gasteiger partial charge in [-0.1, -0.05) is 13.3 Å². The Morgan fingerprint density at radius 3 is 3.10 bits per heavy atom. The number of ether oxygens (including phenoxy) is 1. The van der Waals surface area contributed by atoms with Gasteiger partial charge in [0.15, 0.2) is 0 Å². The molecule has 4 heteroatoms. The van der Waals surface area contributed by atoms with Gasteiger partial charge in [0.2, 0.25) is 0 Å². The number of hydrogen-bond donors (Lipinski definition) is 1. The second kappa shape index (κ2) is 6.49. The van der Waals surface area contributed by atoms with E-state index in [9.17, 15) is 4.79 Å². The van der Waals surface area contributed by atoms with Crippen molar-refractivity contribution in [1.29, 1.82) is 0 Å². The normalized spacial score (nSPS) is 26.4. The van der Waals surface area contributed by atoms with E-state index in [1.165, 1.54) is 23.3 Å². The van der Waals surface area contributed by atoms with Gasteiger partial charge in [0, 0.05) is 11.5 Å². The molecule has 0 spiro atoms. The summed E-state index contributed by atoms with van der Waals surface area (Å²) in [6.07, 6.45) is 7.17. The summed E-state index contributed by atoms with van der Waals surface area (Å²) in [4.78, 5) is 14.7. The molecule has 1 aromatic rings. The lowest BCUT2D eigenvalue weighted by atomic mass is 9.87. The van der Waals surface area contributed by atoms with Crippen molar-refractivity contribution in [3.63, 3.8) is 0 Å². The molecule has 0 bridgehead atoms. The van der Waals surface area contributed by atoms with E-state index >= 15 is 0 Å². The Morgan fingerprint density at radius 2 is 2.38 bits per heavy atom. The van der Waals surface area contributed by atoms with E-state index in [0.717, 1.165) is 43.1 Å². The fraction of sp³-hybridized carbons (Fsp3) is 0.706. The minimum atomic E-state index is 0.0745. The highest BCUT2D eigenvalue weighted by atomic mass is 32.1. The highest BCUT2D eigenvalue weighted by Crippen LogP contribution is 2.33. The molecule has 3 rings (SSSR count). The van der Waals surface area contributed by atoms with E-state index in [4.69, 9.17) is 4.74 Å². The van der Waals surface area contributed by atoms with Crippen LogP contribution < -0.4 is 5.32 Å². The number of carbonyl (C=O) groups is 1. The third kappa shape index (κ3) is 3.32. The quantitative estimate of drug-likeness (QED) is 0.923. The van der Waals surface area contributed by atoms with Crippen LogP contribution in [0.5, 0.6) is 0 Å². The van der Waals surface area contributed by atoms with Gasteiger partial charge in [-0.3, -0.25) is 4.79 Å². The van der Waals surface area contributed by atoms with Gasteiger partial charge < -0.3 is 10.1 Å². The molecule has 1 aromatic heterocycles. The summed E-state index contributed by atoms with van der Waals surface area (Å²) in [7, 11) is 0. The molecule has 21 heavy (non-hydrogen) atoms. The molecule has 2 heterocycles. The first-order valence-electron chi connectivity index (χ1n) is 8.21. The van der Waals surface area contributed by atoms with Crippen molar-refractivity contribution in [2.75, 3.05) is 6.61 Å². The molecule has 1 saturated heterocycles. The van der Waals surface area contributed by atoms with Crippen LogP contribution in [0.1, 0.15) is 59.6 Å². The van der Waals surface area contributed by atoms with Gasteiger partial charge in [0.05, 0.1) is 17.0 Å². The minimum absolute atomic E-state index is 0.0745. The summed E-state index contributed by atoms with van der Waals surface area (Å²) in [6.45, 7) is 5.14. The van der Waals surface area contributed by atoms with E-state index in [1.54, 1.807) is 11.3 Å². The van der Waals surface area contributed by atoms with E-state index in [2.05, 4.69) is 25.2 Å². The Bertz CT molecular complexity index is 505. The van der Waals surface area contributed by atoms with Gasteiger partial charge in [-0.2, -0.15) is 0 Å². The highest BCUT2D eigenvalue weighted by Gasteiger charge is 2.26. The topological polar surface area (TPSA) is 38.3 Å². The minimum Gasteiger partial charge on any atom is -0.376 e. The number of carbonyl (C=O) groups excluding carboxylic acids is 1. The number of amides is 1. The molecule has 0 unspecified atom stereocenters. The third-order valence-electron chi connectivity index (χ3n) is 4.87. The van der Waals surface area contributed by atoms with Crippen LogP contribution in [0.2, 0.25) is 0 Å². The fourth-order valence-corrected chi connectivity index (χ4v) is 4.54. The average molecular weight is 307 g/mol. The molecule has 0 aromatic carbocycles. The monoisotopic (exact) mass is 307 g/mol. The van der Waals surface area contributed by atoms with Gasteiger partial charge in [-0.15, -0.1) is 11.3 Å². The molecule has 0 radical (unpaired) electrons. The standard InChI is InChI=1S/C17H25NO2S/c1-3-12-6-7-15-13(9-12)10-16(21-15)17(19)18-11(2)14-5-4-8-20-14/h10-12,14H,3-9H2,1-2H3,(H,18,19)/t11-,12+,14+/m0/s1. The average Bonchev–Trinajstić information content (AvgIpc) is 3.15. The van der Waals surface area contributed by atoms with E-state index in [0.29, 0.717) is 0 Å². The number of fused-ring (bicyclic) bond motifs is 1. The smallest absolute Gasteiger partial charge is 0.261 e. The van der Waals surface area contributed by atoms with E-state index < -0.39 is 0 Å². The molecule has 3 nitrogen and oxygen atoms in total. The molecule has 3 atom stereocenters. The molecular weight excluding hydrogens is 282 g/mol. The lowest BCUT2D eigenvalue weighted by molar-refractivity contribution is 0.0714. The number of hydrogen-bond acceptors (Lipinski definition) is 3. The molecule has 1 aliphatic carbocycles. The molecule has 1 N–H and O–H groups in total. The first-order valence-corrected chi connectivity index (χ1v) is 9.03. The summed E-state index contributed by atoms with van der Waals surface area (Å²) in [5, 5.41) is 3.12. The third-order valence-corrected chi connectivity index (χ3v) is 6.10. The van der Waals surface area contributed by atoms with Crippen molar-refractivity contribution in [2.45, 2.75) is 64.5 Å². The summed E-state index contributed by atoms with van der Waals surface area (Å²) >= 11 is 1.69.